The van der Waals surface area contributed by atoms with Crippen LogP contribution in [0.4, 0.5) is 0 Å². The summed E-state index contributed by atoms with van der Waals surface area (Å²) in [5.74, 6) is 0.122. The molecular weight excluding hydrogens is 438 g/mol. The van der Waals surface area contributed by atoms with Crippen LogP contribution in [0.3, 0.4) is 0 Å². The second-order valence-electron chi connectivity index (χ2n) is 8.17. The molecule has 0 aromatic heterocycles. The molecule has 2 aliphatic carbocycles. The van der Waals surface area contributed by atoms with Crippen LogP contribution in [0.25, 0.3) is 0 Å². The first-order chi connectivity index (χ1) is 14.7. The summed E-state index contributed by atoms with van der Waals surface area (Å²) in [6, 6.07) is 3.04. The van der Waals surface area contributed by atoms with Crippen molar-refractivity contribution in [3.63, 3.8) is 0 Å². The Morgan fingerprint density at radius 1 is 1.29 bits per heavy atom. The third kappa shape index (κ3) is 4.87. The van der Waals surface area contributed by atoms with E-state index in [1.54, 1.807) is 0 Å². The maximum atomic E-state index is 12.5. The Bertz CT molecular complexity index is 1070. The number of carbonyl (C=O) groups is 1. The highest BCUT2D eigenvalue weighted by molar-refractivity contribution is 7.89. The fourth-order valence-corrected chi connectivity index (χ4v) is 4.98. The zero-order valence-electron chi connectivity index (χ0n) is 17.2. The third-order valence-corrected chi connectivity index (χ3v) is 7.13. The lowest BCUT2D eigenvalue weighted by Gasteiger charge is -2.14. The minimum absolute atomic E-state index is 0.0573. The summed E-state index contributed by atoms with van der Waals surface area (Å²) in [7, 11) is -3.88. The number of fused-ring (bicyclic) bond motifs is 3. The number of nitrogens with one attached hydrogen (secondary N) is 2. The lowest BCUT2D eigenvalue weighted by atomic mass is 10.1. The molecule has 1 saturated heterocycles. The van der Waals surface area contributed by atoms with Gasteiger partial charge in [-0.25, -0.2) is 13.6 Å². The molecule has 9 heteroatoms. The number of benzene rings is 1. The highest BCUT2D eigenvalue weighted by Crippen LogP contribution is 2.35. The van der Waals surface area contributed by atoms with Gasteiger partial charge in [-0.1, -0.05) is 24.3 Å². The topological polar surface area (TPSA) is 111 Å². The molecule has 31 heavy (non-hydrogen) atoms. The van der Waals surface area contributed by atoms with Crippen molar-refractivity contribution in [2.24, 2.45) is 5.14 Å². The van der Waals surface area contributed by atoms with E-state index in [4.69, 9.17) is 21.5 Å². The fourth-order valence-electron chi connectivity index (χ4n) is 4.10. The number of ether oxygens (including phenoxy) is 1. The molecule has 0 spiro atoms. The number of primary sulfonamides is 1. The van der Waals surface area contributed by atoms with Gasteiger partial charge in [0, 0.05) is 19.0 Å². The molecular formula is C22H26ClN3O4S. The zero-order valence-corrected chi connectivity index (χ0v) is 18.8. The van der Waals surface area contributed by atoms with Crippen molar-refractivity contribution >= 4 is 27.5 Å². The molecule has 4 aliphatic rings. The summed E-state index contributed by atoms with van der Waals surface area (Å²) in [6.07, 6.45) is 10.8. The Kier molecular flexibility index (Phi) is 6.25. The van der Waals surface area contributed by atoms with E-state index >= 15 is 0 Å². The van der Waals surface area contributed by atoms with E-state index in [-0.39, 0.29) is 33.9 Å². The molecule has 1 aromatic carbocycles. The fraction of sp³-hybridized carbons (Fsp3) is 0.409. The van der Waals surface area contributed by atoms with E-state index in [2.05, 4.69) is 34.9 Å². The lowest BCUT2D eigenvalue weighted by Crippen LogP contribution is -2.37. The van der Waals surface area contributed by atoms with Gasteiger partial charge in [-0.2, -0.15) is 0 Å². The van der Waals surface area contributed by atoms with E-state index in [1.165, 1.54) is 23.3 Å². The van der Waals surface area contributed by atoms with Gasteiger partial charge in [0.1, 0.15) is 11.9 Å². The number of hydrogen-bond donors (Lipinski definition) is 3. The van der Waals surface area contributed by atoms with Gasteiger partial charge < -0.3 is 15.4 Å². The molecule has 4 N–H and O–H groups in total. The van der Waals surface area contributed by atoms with E-state index < -0.39 is 10.0 Å². The minimum Gasteiger partial charge on any atom is -0.489 e. The Labute approximate surface area is 187 Å². The quantitative estimate of drug-likeness (QED) is 0.593. The molecule has 1 amide bonds. The van der Waals surface area contributed by atoms with Gasteiger partial charge in [0.2, 0.25) is 10.0 Å². The molecule has 2 heterocycles. The number of hydrogen-bond acceptors (Lipinski definition) is 5. The number of allylic oxidation sites excluding steroid dienone is 6. The average Bonchev–Trinajstić information content (AvgIpc) is 3.51. The molecule has 2 bridgehead atoms. The summed E-state index contributed by atoms with van der Waals surface area (Å²) < 4.78 is 29.0. The average molecular weight is 464 g/mol. The number of rotatable bonds is 4. The maximum absolute atomic E-state index is 12.5. The summed E-state index contributed by atoms with van der Waals surface area (Å²) in [4.78, 5) is 12.4. The van der Waals surface area contributed by atoms with Gasteiger partial charge in [0.25, 0.3) is 5.91 Å². The Morgan fingerprint density at radius 3 is 2.52 bits per heavy atom. The van der Waals surface area contributed by atoms with Crippen LogP contribution in [0, 0.1) is 0 Å². The van der Waals surface area contributed by atoms with Crippen molar-refractivity contribution in [2.75, 3.05) is 13.1 Å². The van der Waals surface area contributed by atoms with Crippen molar-refractivity contribution < 1.29 is 17.9 Å². The van der Waals surface area contributed by atoms with Gasteiger partial charge >= 0.3 is 0 Å². The molecule has 166 valence electrons. The Balaban J connectivity index is 0.000000239. The number of carbonyl (C=O) groups excluding carboxylic acids is 1. The summed E-state index contributed by atoms with van der Waals surface area (Å²) in [6.45, 7) is 3.33. The van der Waals surface area contributed by atoms with Crippen molar-refractivity contribution in [1.29, 1.82) is 0 Å². The van der Waals surface area contributed by atoms with Crippen LogP contribution in [0.2, 0.25) is 0 Å². The van der Waals surface area contributed by atoms with E-state index in [0.29, 0.717) is 24.3 Å². The van der Waals surface area contributed by atoms with Crippen LogP contribution in [0.5, 0.6) is 5.75 Å². The summed E-state index contributed by atoms with van der Waals surface area (Å²) in [5, 5.41) is 11.5. The second kappa shape index (κ2) is 8.78. The Hall–Kier alpha value is -2.13. The standard InChI is InChI=1S/C15H21N3O4S.C7H5Cl/c1-9-5-10-6-12(23(16,20)21)7-13(14(10)22-9)15(19)18-8-11-3-2-4-17-11;8-7-5-1-2-6(7)4-3-5/h6-7,9,11,17H,2-5,8H2,1H3,(H,18,19)(H2,16,20,21);1-4,7H. The van der Waals surface area contributed by atoms with E-state index in [9.17, 15) is 13.2 Å². The van der Waals surface area contributed by atoms with Gasteiger partial charge in [0.15, 0.2) is 0 Å². The predicted octanol–water partition coefficient (Wildman–Crippen LogP) is 2.17. The van der Waals surface area contributed by atoms with Gasteiger partial charge in [-0.15, -0.1) is 11.6 Å². The molecule has 1 aromatic rings. The minimum atomic E-state index is -3.88. The molecule has 0 radical (unpaired) electrons. The molecule has 2 atom stereocenters. The molecule has 5 rings (SSSR count). The summed E-state index contributed by atoms with van der Waals surface area (Å²) in [5.41, 5.74) is 3.41. The highest BCUT2D eigenvalue weighted by Gasteiger charge is 2.28. The first-order valence-corrected chi connectivity index (χ1v) is 12.3. The SMILES string of the molecule is CC1Cc2cc(S(N)(=O)=O)cc(C(=O)NCC3CCCN3)c2O1.ClC1C2=CC=C1C=C2. The molecule has 1 fully saturated rings. The van der Waals surface area contributed by atoms with E-state index in [0.717, 1.165) is 19.4 Å². The van der Waals surface area contributed by atoms with E-state index in [1.807, 2.05) is 6.92 Å². The van der Waals surface area contributed by atoms with Crippen LogP contribution in [0.1, 0.15) is 35.7 Å². The number of nitrogens with two attached hydrogens (primary N) is 1. The van der Waals surface area contributed by atoms with Crippen molar-refractivity contribution in [3.05, 3.63) is 58.7 Å². The van der Waals surface area contributed by atoms with Crippen molar-refractivity contribution in [1.82, 2.24) is 10.6 Å². The van der Waals surface area contributed by atoms with Crippen LogP contribution in [0.15, 0.2) is 52.5 Å². The second-order valence-corrected chi connectivity index (χ2v) is 10.2. The molecule has 7 nitrogen and oxygen atoms in total. The monoisotopic (exact) mass is 463 g/mol. The maximum Gasteiger partial charge on any atom is 0.255 e. The molecule has 2 unspecified atom stereocenters. The number of sulfonamides is 1. The Morgan fingerprint density at radius 2 is 2.00 bits per heavy atom. The third-order valence-electron chi connectivity index (χ3n) is 5.73. The largest absolute Gasteiger partial charge is 0.489 e. The lowest BCUT2D eigenvalue weighted by molar-refractivity contribution is 0.0945. The normalized spacial score (nSPS) is 23.6. The zero-order chi connectivity index (χ0) is 22.2. The van der Waals surface area contributed by atoms with Gasteiger partial charge in [-0.05, 0) is 55.2 Å². The number of halogens is 1. The predicted molar refractivity (Wildman–Crippen MR) is 120 cm³/mol. The van der Waals surface area contributed by atoms with Crippen LogP contribution < -0.4 is 20.5 Å². The smallest absolute Gasteiger partial charge is 0.255 e. The van der Waals surface area contributed by atoms with Crippen molar-refractivity contribution in [3.8, 4) is 5.75 Å². The van der Waals surface area contributed by atoms with Gasteiger partial charge in [0.05, 0.1) is 15.8 Å². The number of alkyl halides is 1. The van der Waals surface area contributed by atoms with Crippen LogP contribution >= 0.6 is 11.6 Å². The first-order valence-electron chi connectivity index (χ1n) is 10.3. The van der Waals surface area contributed by atoms with Crippen molar-refractivity contribution in [2.45, 2.75) is 48.6 Å². The number of amides is 1. The molecule has 2 aliphatic heterocycles. The van der Waals surface area contributed by atoms with Crippen LogP contribution in [-0.2, 0) is 16.4 Å². The van der Waals surface area contributed by atoms with Crippen LogP contribution in [-0.4, -0.2) is 44.9 Å². The molecule has 0 saturated carbocycles. The summed E-state index contributed by atoms with van der Waals surface area (Å²) >= 11 is 5.88. The van der Waals surface area contributed by atoms with Gasteiger partial charge in [-0.3, -0.25) is 4.79 Å². The highest BCUT2D eigenvalue weighted by atomic mass is 35.5. The first kappa shape index (κ1) is 22.1.